The zero-order valence-electron chi connectivity index (χ0n) is 10.3. The number of anilines is 2. The number of hydrogen-bond donors (Lipinski definition) is 2. The van der Waals surface area contributed by atoms with Crippen LogP contribution in [0.15, 0.2) is 42.6 Å². The topological polar surface area (TPSA) is 37.0 Å². The zero-order valence-corrected chi connectivity index (χ0v) is 10.3. The molecule has 0 bridgehead atoms. The van der Waals surface area contributed by atoms with Gasteiger partial charge in [-0.2, -0.15) is 0 Å². The predicted octanol–water partition coefficient (Wildman–Crippen LogP) is 3.26. The number of aromatic nitrogens is 1. The molecule has 2 rings (SSSR count). The summed E-state index contributed by atoms with van der Waals surface area (Å²) in [5.41, 5.74) is 1.88. The van der Waals surface area contributed by atoms with E-state index in [1.807, 2.05) is 25.1 Å². The highest BCUT2D eigenvalue weighted by atomic mass is 19.1. The summed E-state index contributed by atoms with van der Waals surface area (Å²) in [5.74, 6) is 0.624. The Morgan fingerprint density at radius 2 is 2.06 bits per heavy atom. The molecule has 0 radical (unpaired) electrons. The van der Waals surface area contributed by atoms with E-state index >= 15 is 0 Å². The molecule has 0 fully saturated rings. The molecule has 0 saturated heterocycles. The maximum absolute atomic E-state index is 13.0. The molecule has 4 heteroatoms. The Labute approximate surface area is 106 Å². The molecule has 0 unspecified atom stereocenters. The van der Waals surface area contributed by atoms with Gasteiger partial charge in [0.1, 0.15) is 11.6 Å². The molecule has 94 valence electrons. The van der Waals surface area contributed by atoms with Gasteiger partial charge in [-0.05, 0) is 30.7 Å². The van der Waals surface area contributed by atoms with Gasteiger partial charge in [0.05, 0.1) is 0 Å². The Balaban J connectivity index is 1.99. The number of nitrogens with zero attached hydrogens (tertiary/aromatic N) is 1. The van der Waals surface area contributed by atoms with Gasteiger partial charge in [0, 0.05) is 31.0 Å². The lowest BCUT2D eigenvalue weighted by Crippen LogP contribution is -2.02. The second-order valence-electron chi connectivity index (χ2n) is 3.94. The van der Waals surface area contributed by atoms with Crippen molar-refractivity contribution < 1.29 is 4.39 Å². The van der Waals surface area contributed by atoms with Crippen LogP contribution in [-0.4, -0.2) is 11.5 Å². The number of hydrogen-bond acceptors (Lipinski definition) is 3. The first-order valence-electron chi connectivity index (χ1n) is 5.96. The largest absolute Gasteiger partial charge is 0.381 e. The van der Waals surface area contributed by atoms with E-state index in [9.17, 15) is 4.39 Å². The molecule has 0 spiro atoms. The molecule has 0 aliphatic heterocycles. The molecular weight excluding hydrogens is 229 g/mol. The summed E-state index contributed by atoms with van der Waals surface area (Å²) in [6.07, 6.45) is 1.74. The van der Waals surface area contributed by atoms with Gasteiger partial charge in [0.2, 0.25) is 0 Å². The Morgan fingerprint density at radius 1 is 1.17 bits per heavy atom. The summed E-state index contributed by atoms with van der Waals surface area (Å²) in [5, 5.41) is 6.38. The van der Waals surface area contributed by atoms with Crippen LogP contribution in [0.2, 0.25) is 0 Å². The van der Waals surface area contributed by atoms with Gasteiger partial charge in [-0.1, -0.05) is 12.1 Å². The average Bonchev–Trinajstić information content (AvgIpc) is 2.37. The van der Waals surface area contributed by atoms with E-state index in [-0.39, 0.29) is 5.82 Å². The number of nitrogens with one attached hydrogen (secondary N) is 2. The highest BCUT2D eigenvalue weighted by Crippen LogP contribution is 2.13. The van der Waals surface area contributed by atoms with Crippen LogP contribution in [0.4, 0.5) is 15.9 Å². The van der Waals surface area contributed by atoms with Crippen molar-refractivity contribution in [2.75, 3.05) is 17.2 Å². The lowest BCUT2D eigenvalue weighted by molar-refractivity contribution is 0.626. The molecule has 1 aromatic heterocycles. The maximum atomic E-state index is 13.0. The van der Waals surface area contributed by atoms with Gasteiger partial charge < -0.3 is 10.6 Å². The fraction of sp³-hybridized carbons (Fsp3) is 0.214. The molecule has 3 nitrogen and oxygen atoms in total. The summed E-state index contributed by atoms with van der Waals surface area (Å²) in [6, 6.07) is 10.4. The Bertz CT molecular complexity index is 514. The Kier molecular flexibility index (Phi) is 4.12. The summed E-state index contributed by atoms with van der Waals surface area (Å²) >= 11 is 0. The van der Waals surface area contributed by atoms with Crippen molar-refractivity contribution in [2.24, 2.45) is 0 Å². The Hall–Kier alpha value is -2.10. The number of halogens is 1. The van der Waals surface area contributed by atoms with Crippen molar-refractivity contribution >= 4 is 11.5 Å². The molecule has 0 aliphatic carbocycles. The van der Waals surface area contributed by atoms with Crippen LogP contribution >= 0.6 is 0 Å². The molecule has 2 N–H and O–H groups in total. The van der Waals surface area contributed by atoms with Gasteiger partial charge in [-0.25, -0.2) is 9.37 Å². The monoisotopic (exact) mass is 245 g/mol. The SMILES string of the molecule is CCNc1cc(NCc2cccc(F)c2)ccn1. The van der Waals surface area contributed by atoms with Crippen molar-refractivity contribution in [1.29, 1.82) is 0 Å². The second-order valence-corrected chi connectivity index (χ2v) is 3.94. The van der Waals surface area contributed by atoms with Crippen molar-refractivity contribution in [3.63, 3.8) is 0 Å². The number of rotatable bonds is 5. The minimum atomic E-state index is -0.211. The first-order valence-corrected chi connectivity index (χ1v) is 5.96. The van der Waals surface area contributed by atoms with Crippen molar-refractivity contribution in [3.8, 4) is 0 Å². The van der Waals surface area contributed by atoms with E-state index in [0.717, 1.165) is 23.6 Å². The fourth-order valence-corrected chi connectivity index (χ4v) is 1.67. The number of benzene rings is 1. The predicted molar refractivity (Wildman–Crippen MR) is 72.1 cm³/mol. The highest BCUT2D eigenvalue weighted by Gasteiger charge is 1.98. The van der Waals surface area contributed by atoms with Crippen LogP contribution < -0.4 is 10.6 Å². The second kappa shape index (κ2) is 6.00. The smallest absolute Gasteiger partial charge is 0.127 e. The molecule has 18 heavy (non-hydrogen) atoms. The van der Waals surface area contributed by atoms with Gasteiger partial charge in [-0.15, -0.1) is 0 Å². The van der Waals surface area contributed by atoms with Gasteiger partial charge >= 0.3 is 0 Å². The van der Waals surface area contributed by atoms with E-state index < -0.39 is 0 Å². The van der Waals surface area contributed by atoms with Crippen LogP contribution in [0.3, 0.4) is 0 Å². The first-order chi connectivity index (χ1) is 8.78. The van der Waals surface area contributed by atoms with E-state index in [0.29, 0.717) is 6.54 Å². The molecule has 0 saturated carbocycles. The molecule has 1 heterocycles. The van der Waals surface area contributed by atoms with Crippen LogP contribution in [0.25, 0.3) is 0 Å². The van der Waals surface area contributed by atoms with Gasteiger partial charge in [0.15, 0.2) is 0 Å². The van der Waals surface area contributed by atoms with Crippen LogP contribution in [0.1, 0.15) is 12.5 Å². The van der Waals surface area contributed by atoms with Gasteiger partial charge in [-0.3, -0.25) is 0 Å². The molecule has 0 aliphatic rings. The third kappa shape index (κ3) is 3.45. The minimum Gasteiger partial charge on any atom is -0.381 e. The summed E-state index contributed by atoms with van der Waals surface area (Å²) < 4.78 is 13.0. The molecular formula is C14H16FN3. The fourth-order valence-electron chi connectivity index (χ4n) is 1.67. The van der Waals surface area contributed by atoms with Gasteiger partial charge in [0.25, 0.3) is 0 Å². The molecule has 0 atom stereocenters. The van der Waals surface area contributed by atoms with E-state index in [2.05, 4.69) is 15.6 Å². The third-order valence-corrected chi connectivity index (χ3v) is 2.50. The quantitative estimate of drug-likeness (QED) is 0.849. The van der Waals surface area contributed by atoms with E-state index in [4.69, 9.17) is 0 Å². The number of pyridine rings is 1. The van der Waals surface area contributed by atoms with E-state index in [1.165, 1.54) is 12.1 Å². The molecule has 2 aromatic rings. The third-order valence-electron chi connectivity index (χ3n) is 2.50. The standard InChI is InChI=1S/C14H16FN3/c1-2-16-14-9-13(6-7-17-14)18-10-11-4-3-5-12(15)8-11/h3-9H,2,10H2,1H3,(H2,16,17,18). The lowest BCUT2D eigenvalue weighted by atomic mass is 10.2. The van der Waals surface area contributed by atoms with Crippen LogP contribution in [0.5, 0.6) is 0 Å². The highest BCUT2D eigenvalue weighted by molar-refractivity contribution is 5.52. The van der Waals surface area contributed by atoms with E-state index in [1.54, 1.807) is 12.3 Å². The summed E-state index contributed by atoms with van der Waals surface area (Å²) in [7, 11) is 0. The summed E-state index contributed by atoms with van der Waals surface area (Å²) in [6.45, 7) is 3.45. The minimum absolute atomic E-state index is 0.211. The van der Waals surface area contributed by atoms with Crippen molar-refractivity contribution in [2.45, 2.75) is 13.5 Å². The molecule has 1 aromatic carbocycles. The average molecular weight is 245 g/mol. The Morgan fingerprint density at radius 3 is 2.83 bits per heavy atom. The normalized spacial score (nSPS) is 10.1. The first kappa shape index (κ1) is 12.4. The molecule has 0 amide bonds. The van der Waals surface area contributed by atoms with Crippen LogP contribution in [-0.2, 0) is 6.54 Å². The summed E-state index contributed by atoms with van der Waals surface area (Å²) in [4.78, 5) is 4.19. The van der Waals surface area contributed by atoms with Crippen molar-refractivity contribution in [1.82, 2.24) is 4.98 Å². The lowest BCUT2D eigenvalue weighted by Gasteiger charge is -2.08. The zero-order chi connectivity index (χ0) is 12.8. The van der Waals surface area contributed by atoms with Crippen LogP contribution in [0, 0.1) is 5.82 Å². The maximum Gasteiger partial charge on any atom is 0.127 e. The van der Waals surface area contributed by atoms with Crippen molar-refractivity contribution in [3.05, 3.63) is 54.0 Å².